The van der Waals surface area contributed by atoms with E-state index in [9.17, 15) is 19.2 Å². The quantitative estimate of drug-likeness (QED) is 0.686. The fourth-order valence-corrected chi connectivity index (χ4v) is 4.26. The SMILES string of the molecule is Cc1nc2ccc(N3CCN(C(=O)OC(C)(C)C)CC3)cc2c(=O)n1C1CCC(=O)NC1=O. The maximum absolute atomic E-state index is 13.4. The van der Waals surface area contributed by atoms with Crippen molar-refractivity contribution in [2.75, 3.05) is 31.1 Å². The van der Waals surface area contributed by atoms with Gasteiger partial charge in [-0.25, -0.2) is 9.78 Å². The van der Waals surface area contributed by atoms with Crippen molar-refractivity contribution in [1.29, 1.82) is 0 Å². The van der Waals surface area contributed by atoms with Crippen molar-refractivity contribution >= 4 is 34.5 Å². The fourth-order valence-electron chi connectivity index (χ4n) is 4.26. The average molecular weight is 456 g/mol. The van der Waals surface area contributed by atoms with Gasteiger partial charge < -0.3 is 14.5 Å². The number of ether oxygens (including phenoxy) is 1. The van der Waals surface area contributed by atoms with Crippen LogP contribution in [0.2, 0.25) is 0 Å². The van der Waals surface area contributed by atoms with E-state index in [4.69, 9.17) is 4.74 Å². The second-order valence-electron chi connectivity index (χ2n) is 9.46. The van der Waals surface area contributed by atoms with E-state index < -0.39 is 17.6 Å². The molecule has 2 aliphatic rings. The summed E-state index contributed by atoms with van der Waals surface area (Å²) in [4.78, 5) is 57.9. The van der Waals surface area contributed by atoms with Crippen molar-refractivity contribution < 1.29 is 19.1 Å². The van der Waals surface area contributed by atoms with E-state index >= 15 is 0 Å². The number of anilines is 1. The Morgan fingerprint density at radius 3 is 2.45 bits per heavy atom. The molecule has 3 amide bonds. The molecule has 0 radical (unpaired) electrons. The lowest BCUT2D eigenvalue weighted by atomic mass is 10.1. The van der Waals surface area contributed by atoms with Gasteiger partial charge in [-0.3, -0.25) is 24.3 Å². The van der Waals surface area contributed by atoms with Gasteiger partial charge in [-0.1, -0.05) is 0 Å². The molecule has 1 atom stereocenters. The van der Waals surface area contributed by atoms with Crippen LogP contribution in [0.4, 0.5) is 10.5 Å². The third kappa shape index (κ3) is 4.69. The van der Waals surface area contributed by atoms with Gasteiger partial charge in [0.05, 0.1) is 10.9 Å². The van der Waals surface area contributed by atoms with Crippen LogP contribution in [-0.2, 0) is 14.3 Å². The lowest BCUT2D eigenvalue weighted by Crippen LogP contribution is -2.50. The van der Waals surface area contributed by atoms with E-state index in [2.05, 4.69) is 15.2 Å². The van der Waals surface area contributed by atoms with Crippen molar-refractivity contribution in [3.05, 3.63) is 34.4 Å². The van der Waals surface area contributed by atoms with Crippen molar-refractivity contribution in [2.24, 2.45) is 0 Å². The van der Waals surface area contributed by atoms with Crippen molar-refractivity contribution in [3.8, 4) is 0 Å². The first-order valence-corrected chi connectivity index (χ1v) is 11.1. The first kappa shape index (κ1) is 22.8. The number of hydrogen-bond acceptors (Lipinski definition) is 7. The summed E-state index contributed by atoms with van der Waals surface area (Å²) in [5.41, 5.74) is 0.558. The first-order chi connectivity index (χ1) is 15.5. The third-order valence-corrected chi connectivity index (χ3v) is 5.88. The third-order valence-electron chi connectivity index (χ3n) is 5.88. The number of aryl methyl sites for hydroxylation is 1. The van der Waals surface area contributed by atoms with Crippen LogP contribution in [0.1, 0.15) is 45.5 Å². The van der Waals surface area contributed by atoms with Crippen LogP contribution >= 0.6 is 0 Å². The average Bonchev–Trinajstić information content (AvgIpc) is 2.74. The maximum Gasteiger partial charge on any atom is 0.410 e. The number of carbonyl (C=O) groups excluding carboxylic acids is 3. The highest BCUT2D eigenvalue weighted by Gasteiger charge is 2.31. The van der Waals surface area contributed by atoms with Crippen LogP contribution in [0.5, 0.6) is 0 Å². The lowest BCUT2D eigenvalue weighted by Gasteiger charge is -2.36. The zero-order valence-corrected chi connectivity index (χ0v) is 19.4. The zero-order valence-electron chi connectivity index (χ0n) is 19.4. The molecule has 33 heavy (non-hydrogen) atoms. The highest BCUT2D eigenvalue weighted by atomic mass is 16.6. The fraction of sp³-hybridized carbons (Fsp3) is 0.522. The molecule has 0 bridgehead atoms. The molecule has 2 saturated heterocycles. The van der Waals surface area contributed by atoms with Gasteiger partial charge in [-0.15, -0.1) is 0 Å². The van der Waals surface area contributed by atoms with Crippen LogP contribution in [0.25, 0.3) is 10.9 Å². The van der Waals surface area contributed by atoms with Crippen LogP contribution < -0.4 is 15.8 Å². The minimum Gasteiger partial charge on any atom is -0.444 e. The second kappa shape index (κ2) is 8.49. The second-order valence-corrected chi connectivity index (χ2v) is 9.46. The maximum atomic E-state index is 13.4. The molecule has 3 heterocycles. The van der Waals surface area contributed by atoms with E-state index in [1.807, 2.05) is 26.8 Å². The van der Waals surface area contributed by atoms with E-state index in [1.54, 1.807) is 24.0 Å². The highest BCUT2D eigenvalue weighted by Crippen LogP contribution is 2.24. The van der Waals surface area contributed by atoms with E-state index in [0.717, 1.165) is 5.69 Å². The summed E-state index contributed by atoms with van der Waals surface area (Å²) in [6.07, 6.45) is 0.125. The first-order valence-electron chi connectivity index (χ1n) is 11.1. The lowest BCUT2D eigenvalue weighted by molar-refractivity contribution is -0.135. The Bertz CT molecular complexity index is 1170. The number of nitrogens with one attached hydrogen (secondary N) is 1. The molecule has 2 aliphatic heterocycles. The number of carbonyl (C=O) groups is 3. The van der Waals surface area contributed by atoms with E-state index in [-0.39, 0.29) is 30.4 Å². The van der Waals surface area contributed by atoms with Gasteiger partial charge in [0.15, 0.2) is 0 Å². The Kier molecular flexibility index (Phi) is 5.85. The monoisotopic (exact) mass is 455 g/mol. The van der Waals surface area contributed by atoms with Gasteiger partial charge in [0.1, 0.15) is 17.5 Å². The summed E-state index contributed by atoms with van der Waals surface area (Å²) in [5.74, 6) is -0.378. The standard InChI is InChI=1S/C23H29N5O5/c1-14-24-17-6-5-15(26-9-11-27(12-10-26)22(32)33-23(2,3)4)13-16(17)21(31)28(14)18-7-8-19(29)25-20(18)30/h5-6,13,18H,7-12H2,1-4H3,(H,25,29,30). The molecule has 4 rings (SSSR count). The predicted octanol–water partition coefficient (Wildman–Crippen LogP) is 1.74. The van der Waals surface area contributed by atoms with Crippen LogP contribution in [-0.4, -0.2) is 64.1 Å². The summed E-state index contributed by atoms with van der Waals surface area (Å²) in [7, 11) is 0. The summed E-state index contributed by atoms with van der Waals surface area (Å²) in [6, 6.07) is 4.74. The van der Waals surface area contributed by atoms with Gasteiger partial charge in [0, 0.05) is 38.3 Å². The molecule has 1 aromatic heterocycles. The summed E-state index contributed by atoms with van der Waals surface area (Å²) in [5, 5.41) is 2.72. The molecule has 1 aromatic carbocycles. The number of benzene rings is 1. The molecule has 0 saturated carbocycles. The minimum atomic E-state index is -0.756. The van der Waals surface area contributed by atoms with Gasteiger partial charge in [0.25, 0.3) is 5.56 Å². The summed E-state index contributed by atoms with van der Waals surface area (Å²) >= 11 is 0. The number of hydrogen-bond donors (Lipinski definition) is 1. The van der Waals surface area contributed by atoms with Crippen LogP contribution in [0.3, 0.4) is 0 Å². The van der Waals surface area contributed by atoms with E-state index in [0.29, 0.717) is 42.9 Å². The molecular weight excluding hydrogens is 426 g/mol. The van der Waals surface area contributed by atoms with Crippen LogP contribution in [0, 0.1) is 6.92 Å². The van der Waals surface area contributed by atoms with Gasteiger partial charge in [-0.2, -0.15) is 0 Å². The molecule has 1 N–H and O–H groups in total. The molecule has 176 valence electrons. The van der Waals surface area contributed by atoms with Crippen molar-refractivity contribution in [3.63, 3.8) is 0 Å². The zero-order chi connectivity index (χ0) is 23.9. The summed E-state index contributed by atoms with van der Waals surface area (Å²) in [6.45, 7) is 9.44. The van der Waals surface area contributed by atoms with Gasteiger partial charge in [-0.05, 0) is 52.3 Å². The molecule has 2 fully saturated rings. The van der Waals surface area contributed by atoms with Crippen molar-refractivity contribution in [1.82, 2.24) is 19.8 Å². The predicted molar refractivity (Wildman–Crippen MR) is 122 cm³/mol. The molecule has 0 spiro atoms. The van der Waals surface area contributed by atoms with Gasteiger partial charge >= 0.3 is 6.09 Å². The smallest absolute Gasteiger partial charge is 0.410 e. The molecule has 0 aliphatic carbocycles. The Morgan fingerprint density at radius 1 is 1.12 bits per heavy atom. The Morgan fingerprint density at radius 2 is 1.82 bits per heavy atom. The topological polar surface area (TPSA) is 114 Å². The number of amides is 3. The van der Waals surface area contributed by atoms with Crippen LogP contribution in [0.15, 0.2) is 23.0 Å². The minimum absolute atomic E-state index is 0.183. The largest absolute Gasteiger partial charge is 0.444 e. The number of fused-ring (bicyclic) bond motifs is 1. The van der Waals surface area contributed by atoms with Crippen molar-refractivity contribution in [2.45, 2.75) is 52.2 Å². The number of piperidine rings is 1. The summed E-state index contributed by atoms with van der Waals surface area (Å²) < 4.78 is 6.83. The molecule has 2 aromatic rings. The molecular formula is C23H29N5O5. The molecule has 1 unspecified atom stereocenters. The number of imide groups is 1. The Labute approximate surface area is 191 Å². The van der Waals surface area contributed by atoms with E-state index in [1.165, 1.54) is 4.57 Å². The van der Waals surface area contributed by atoms with Gasteiger partial charge in [0.2, 0.25) is 11.8 Å². The Balaban J connectivity index is 1.57. The number of piperazine rings is 1. The highest BCUT2D eigenvalue weighted by molar-refractivity contribution is 5.99. The number of rotatable bonds is 2. The normalized spacial score (nSPS) is 19.6. The molecule has 10 heteroatoms. The Hall–Kier alpha value is -3.43. The number of nitrogens with zero attached hydrogens (tertiary/aromatic N) is 4. The number of aromatic nitrogens is 2. The molecule has 10 nitrogen and oxygen atoms in total.